The predicted octanol–water partition coefficient (Wildman–Crippen LogP) is 2.73. The number of nitrogens with two attached hydrogens (primary N) is 1. The van der Waals surface area contributed by atoms with E-state index < -0.39 is 10.0 Å². The van der Waals surface area contributed by atoms with Gasteiger partial charge in [0.05, 0.1) is 10.0 Å². The molecular weight excluding hydrogens is 375 g/mol. The molecule has 19 heavy (non-hydrogen) atoms. The van der Waals surface area contributed by atoms with E-state index in [0.717, 1.165) is 6.42 Å². The summed E-state index contributed by atoms with van der Waals surface area (Å²) in [5.74, 6) is 0.197. The van der Waals surface area contributed by atoms with Gasteiger partial charge in [-0.2, -0.15) is 4.31 Å². The number of halogens is 3. The van der Waals surface area contributed by atoms with Gasteiger partial charge in [-0.15, -0.1) is 0 Å². The monoisotopic (exact) mass is 386 g/mol. The average Bonchev–Trinajstić information content (AvgIpc) is 2.75. The van der Waals surface area contributed by atoms with Crippen molar-refractivity contribution in [1.82, 2.24) is 4.31 Å². The van der Waals surface area contributed by atoms with Gasteiger partial charge in [-0.1, -0.05) is 39.1 Å². The second-order valence-corrected chi connectivity index (χ2v) is 8.06. The van der Waals surface area contributed by atoms with E-state index in [4.69, 9.17) is 28.9 Å². The highest BCUT2D eigenvalue weighted by Gasteiger charge is 2.34. The van der Waals surface area contributed by atoms with Gasteiger partial charge >= 0.3 is 0 Å². The fourth-order valence-electron chi connectivity index (χ4n) is 2.11. The highest BCUT2D eigenvalue weighted by atomic mass is 79.9. The van der Waals surface area contributed by atoms with Crippen molar-refractivity contribution >= 4 is 49.2 Å². The van der Waals surface area contributed by atoms with E-state index in [9.17, 15) is 8.42 Å². The molecule has 1 aliphatic rings. The summed E-state index contributed by atoms with van der Waals surface area (Å²) in [6.45, 7) is 1.35. The first-order valence-electron chi connectivity index (χ1n) is 5.71. The lowest BCUT2D eigenvalue weighted by Crippen LogP contribution is -2.30. The Kier molecular flexibility index (Phi) is 4.80. The minimum Gasteiger partial charge on any atom is -0.330 e. The molecule has 1 heterocycles. The van der Waals surface area contributed by atoms with Crippen LogP contribution in [0, 0.1) is 5.92 Å². The Morgan fingerprint density at radius 2 is 1.95 bits per heavy atom. The molecule has 1 atom stereocenters. The molecule has 2 N–H and O–H groups in total. The van der Waals surface area contributed by atoms with Gasteiger partial charge < -0.3 is 5.73 Å². The van der Waals surface area contributed by atoms with E-state index in [1.807, 2.05) is 0 Å². The van der Waals surface area contributed by atoms with E-state index in [2.05, 4.69) is 15.9 Å². The molecular formula is C11H13BrCl2N2O2S. The maximum Gasteiger partial charge on any atom is 0.246 e. The van der Waals surface area contributed by atoms with E-state index in [0.29, 0.717) is 24.1 Å². The van der Waals surface area contributed by atoms with Gasteiger partial charge in [0.1, 0.15) is 4.90 Å². The largest absolute Gasteiger partial charge is 0.330 e. The molecule has 8 heteroatoms. The van der Waals surface area contributed by atoms with Crippen molar-refractivity contribution in [3.63, 3.8) is 0 Å². The van der Waals surface area contributed by atoms with Gasteiger partial charge in [0.15, 0.2) is 0 Å². The molecule has 0 radical (unpaired) electrons. The molecule has 1 fully saturated rings. The first-order chi connectivity index (χ1) is 8.86. The van der Waals surface area contributed by atoms with Crippen molar-refractivity contribution in [2.24, 2.45) is 11.7 Å². The molecule has 0 saturated carbocycles. The van der Waals surface area contributed by atoms with Crippen LogP contribution in [0.15, 0.2) is 21.5 Å². The molecule has 0 aliphatic carbocycles. The zero-order valence-electron chi connectivity index (χ0n) is 9.94. The third kappa shape index (κ3) is 3.09. The molecule has 1 aliphatic heterocycles. The van der Waals surface area contributed by atoms with Gasteiger partial charge in [-0.25, -0.2) is 8.42 Å². The number of hydrogen-bond donors (Lipinski definition) is 1. The van der Waals surface area contributed by atoms with Crippen LogP contribution in [0.4, 0.5) is 0 Å². The highest BCUT2D eigenvalue weighted by Crippen LogP contribution is 2.36. The topological polar surface area (TPSA) is 63.4 Å². The minimum absolute atomic E-state index is 0.0308. The number of benzene rings is 1. The molecule has 0 bridgehead atoms. The van der Waals surface area contributed by atoms with Crippen LogP contribution in [0.25, 0.3) is 0 Å². The Morgan fingerprint density at radius 3 is 2.42 bits per heavy atom. The molecule has 4 nitrogen and oxygen atoms in total. The molecule has 1 aromatic rings. The summed E-state index contributed by atoms with van der Waals surface area (Å²) in [7, 11) is -3.67. The zero-order chi connectivity index (χ0) is 14.2. The van der Waals surface area contributed by atoms with Crippen LogP contribution >= 0.6 is 39.1 Å². The van der Waals surface area contributed by atoms with Crippen LogP contribution < -0.4 is 5.73 Å². The van der Waals surface area contributed by atoms with Crippen molar-refractivity contribution in [1.29, 1.82) is 0 Å². The van der Waals surface area contributed by atoms with Crippen molar-refractivity contribution in [2.45, 2.75) is 11.3 Å². The van der Waals surface area contributed by atoms with Crippen LogP contribution in [-0.2, 0) is 10.0 Å². The Morgan fingerprint density at radius 1 is 1.37 bits per heavy atom. The summed E-state index contributed by atoms with van der Waals surface area (Å²) >= 11 is 15.3. The smallest absolute Gasteiger partial charge is 0.246 e. The first kappa shape index (κ1) is 15.5. The minimum atomic E-state index is -3.67. The van der Waals surface area contributed by atoms with Crippen molar-refractivity contribution in [3.05, 3.63) is 26.7 Å². The third-order valence-electron chi connectivity index (χ3n) is 3.14. The highest BCUT2D eigenvalue weighted by molar-refractivity contribution is 9.10. The van der Waals surface area contributed by atoms with E-state index in [1.165, 1.54) is 16.4 Å². The first-order valence-corrected chi connectivity index (χ1v) is 8.70. The summed E-state index contributed by atoms with van der Waals surface area (Å²) in [6.07, 6.45) is 0.765. The Bertz CT molecular complexity index is 571. The molecule has 2 rings (SSSR count). The second kappa shape index (κ2) is 5.87. The van der Waals surface area contributed by atoms with Crippen molar-refractivity contribution < 1.29 is 8.42 Å². The molecule has 0 spiro atoms. The third-order valence-corrected chi connectivity index (χ3v) is 6.39. The molecule has 0 amide bonds. The molecule has 0 aromatic heterocycles. The Balaban J connectivity index is 2.41. The maximum absolute atomic E-state index is 12.5. The Hall–Kier alpha value is 0.150. The standard InChI is InChI=1S/C11H13BrCl2N2O2S/c12-8-3-9(13)11(10(14)4-8)19(17,18)16-2-1-7(5-15)6-16/h3-4,7H,1-2,5-6,15H2/t7-/m1/s1. The SMILES string of the molecule is NC[C@H]1CCN(S(=O)(=O)c2c(Cl)cc(Br)cc2Cl)C1. The van der Waals surface area contributed by atoms with Gasteiger partial charge in [0, 0.05) is 17.6 Å². The van der Waals surface area contributed by atoms with Gasteiger partial charge in [-0.05, 0) is 31.0 Å². The normalized spacial score (nSPS) is 20.9. The van der Waals surface area contributed by atoms with E-state index in [1.54, 1.807) is 0 Å². The lowest BCUT2D eigenvalue weighted by atomic mass is 10.1. The van der Waals surface area contributed by atoms with Gasteiger partial charge in [0.25, 0.3) is 0 Å². The summed E-state index contributed by atoms with van der Waals surface area (Å²) in [5, 5.41) is 0.242. The average molecular weight is 388 g/mol. The number of rotatable bonds is 3. The quantitative estimate of drug-likeness (QED) is 0.867. The summed E-state index contributed by atoms with van der Waals surface area (Å²) in [6, 6.07) is 3.05. The lowest BCUT2D eigenvalue weighted by Gasteiger charge is -2.18. The molecule has 106 valence electrons. The van der Waals surface area contributed by atoms with Crippen LogP contribution in [0.2, 0.25) is 10.0 Å². The predicted molar refractivity (Wildman–Crippen MR) is 80.1 cm³/mol. The van der Waals surface area contributed by atoms with Crippen LogP contribution in [0.5, 0.6) is 0 Å². The fourth-order valence-corrected chi connectivity index (χ4v) is 5.53. The summed E-state index contributed by atoms with van der Waals surface area (Å²) < 4.78 is 27.1. The van der Waals surface area contributed by atoms with E-state index in [-0.39, 0.29) is 20.9 Å². The maximum atomic E-state index is 12.5. The Labute approximate surface area is 131 Å². The molecule has 0 unspecified atom stereocenters. The number of sulfonamides is 1. The lowest BCUT2D eigenvalue weighted by molar-refractivity contribution is 0.459. The molecule has 1 saturated heterocycles. The van der Waals surface area contributed by atoms with E-state index >= 15 is 0 Å². The van der Waals surface area contributed by atoms with Crippen molar-refractivity contribution in [2.75, 3.05) is 19.6 Å². The zero-order valence-corrected chi connectivity index (χ0v) is 13.9. The number of nitrogens with zero attached hydrogens (tertiary/aromatic N) is 1. The number of hydrogen-bond acceptors (Lipinski definition) is 3. The fraction of sp³-hybridized carbons (Fsp3) is 0.455. The summed E-state index contributed by atoms with van der Waals surface area (Å²) in [4.78, 5) is -0.0308. The van der Waals surface area contributed by atoms with Gasteiger partial charge in [0.2, 0.25) is 10.0 Å². The van der Waals surface area contributed by atoms with Crippen molar-refractivity contribution in [3.8, 4) is 0 Å². The molecule has 1 aromatic carbocycles. The second-order valence-electron chi connectivity index (χ2n) is 4.45. The summed E-state index contributed by atoms with van der Waals surface area (Å²) in [5.41, 5.74) is 5.58. The van der Waals surface area contributed by atoms with Crippen LogP contribution in [0.1, 0.15) is 6.42 Å². The van der Waals surface area contributed by atoms with Crippen LogP contribution in [-0.4, -0.2) is 32.4 Å². The van der Waals surface area contributed by atoms with Gasteiger partial charge in [-0.3, -0.25) is 0 Å². The van der Waals surface area contributed by atoms with Crippen LogP contribution in [0.3, 0.4) is 0 Å².